The van der Waals surface area contributed by atoms with Crippen molar-refractivity contribution in [2.24, 2.45) is 0 Å². The van der Waals surface area contributed by atoms with Gasteiger partial charge in [-0.2, -0.15) is 5.26 Å². The predicted molar refractivity (Wildman–Crippen MR) is 101 cm³/mol. The molecule has 0 radical (unpaired) electrons. The van der Waals surface area contributed by atoms with E-state index in [0.717, 1.165) is 24.2 Å². The Bertz CT molecular complexity index is 719. The summed E-state index contributed by atoms with van der Waals surface area (Å²) in [6, 6.07) is 9.75. The quantitative estimate of drug-likeness (QED) is 0.427. The number of hydrogen-bond acceptors (Lipinski definition) is 4. The largest absolute Gasteiger partial charge is 0.360 e. The van der Waals surface area contributed by atoms with Crippen LogP contribution in [0, 0.1) is 11.3 Å². The lowest BCUT2D eigenvalue weighted by atomic mass is 10.0. The summed E-state index contributed by atoms with van der Waals surface area (Å²) in [5.74, 6) is 0.108. The number of hydrogen-bond donors (Lipinski definition) is 2. The van der Waals surface area contributed by atoms with Crippen LogP contribution in [-0.2, 0) is 9.59 Å². The molecule has 1 aromatic rings. The average Bonchev–Trinajstić information content (AvgIpc) is 3.04. The summed E-state index contributed by atoms with van der Waals surface area (Å²) < 4.78 is 0. The fraction of sp³-hybridized carbons (Fsp3) is 0.450. The lowest BCUT2D eigenvalue weighted by Gasteiger charge is -2.15. The maximum Gasteiger partial charge on any atom is 0.263 e. The maximum atomic E-state index is 12.2. The van der Waals surface area contributed by atoms with E-state index >= 15 is 0 Å². The Morgan fingerprint density at radius 1 is 1.38 bits per heavy atom. The highest BCUT2D eigenvalue weighted by atomic mass is 16.2. The molecule has 1 saturated heterocycles. The van der Waals surface area contributed by atoms with Crippen molar-refractivity contribution >= 4 is 17.5 Å². The second-order valence-corrected chi connectivity index (χ2v) is 6.65. The van der Waals surface area contributed by atoms with Crippen molar-refractivity contribution in [1.29, 1.82) is 5.26 Å². The van der Waals surface area contributed by atoms with E-state index in [1.54, 1.807) is 0 Å². The van der Waals surface area contributed by atoms with Crippen LogP contribution in [0.5, 0.6) is 0 Å². The van der Waals surface area contributed by atoms with Crippen LogP contribution in [0.1, 0.15) is 44.6 Å². The zero-order chi connectivity index (χ0) is 18.9. The van der Waals surface area contributed by atoms with Crippen LogP contribution in [-0.4, -0.2) is 36.3 Å². The van der Waals surface area contributed by atoms with Crippen molar-refractivity contribution in [3.05, 3.63) is 41.6 Å². The molecule has 6 heteroatoms. The van der Waals surface area contributed by atoms with Crippen molar-refractivity contribution < 1.29 is 9.59 Å². The van der Waals surface area contributed by atoms with Crippen LogP contribution in [0.25, 0.3) is 0 Å². The lowest BCUT2D eigenvalue weighted by Crippen LogP contribution is -2.31. The molecule has 0 aromatic heterocycles. The first-order valence-corrected chi connectivity index (χ1v) is 9.04. The Morgan fingerprint density at radius 3 is 2.81 bits per heavy atom. The van der Waals surface area contributed by atoms with Crippen LogP contribution in [0.4, 0.5) is 5.69 Å². The number of nitriles is 1. The molecule has 1 aromatic carbocycles. The molecule has 2 rings (SSSR count). The third kappa shape index (κ3) is 5.35. The predicted octanol–water partition coefficient (Wildman–Crippen LogP) is 2.76. The van der Waals surface area contributed by atoms with E-state index in [4.69, 9.17) is 0 Å². The first-order chi connectivity index (χ1) is 12.5. The first-order valence-electron chi connectivity index (χ1n) is 9.04. The standard InChI is InChI=1S/C20H26N4O2/c1-15(2)17-7-3-4-8-18(17)23-14-16(13-21)20(26)22-10-6-12-24-11-5-9-19(24)25/h3-4,7-8,14-15,23H,5-6,9-12H2,1-2H3,(H,22,26)/b16-14-. The minimum absolute atomic E-state index is 0.0285. The average molecular weight is 354 g/mol. The molecule has 2 amide bonds. The summed E-state index contributed by atoms with van der Waals surface area (Å²) >= 11 is 0. The molecule has 0 bridgehead atoms. The van der Waals surface area contributed by atoms with Gasteiger partial charge in [0, 0.05) is 37.9 Å². The molecule has 0 atom stereocenters. The number of amides is 2. The second-order valence-electron chi connectivity index (χ2n) is 6.65. The van der Waals surface area contributed by atoms with Gasteiger partial charge in [0.1, 0.15) is 11.6 Å². The Labute approximate surface area is 154 Å². The van der Waals surface area contributed by atoms with E-state index in [1.807, 2.05) is 35.2 Å². The highest BCUT2D eigenvalue weighted by Gasteiger charge is 2.19. The minimum Gasteiger partial charge on any atom is -0.360 e. The lowest BCUT2D eigenvalue weighted by molar-refractivity contribution is -0.127. The van der Waals surface area contributed by atoms with Crippen LogP contribution in [0.3, 0.4) is 0 Å². The number of nitrogens with one attached hydrogen (secondary N) is 2. The zero-order valence-electron chi connectivity index (χ0n) is 15.4. The molecular weight excluding hydrogens is 328 g/mol. The van der Waals surface area contributed by atoms with Gasteiger partial charge in [0.2, 0.25) is 5.91 Å². The van der Waals surface area contributed by atoms with Gasteiger partial charge in [-0.3, -0.25) is 9.59 Å². The topological polar surface area (TPSA) is 85.2 Å². The molecule has 1 fully saturated rings. The number of carbonyl (C=O) groups excluding carboxylic acids is 2. The van der Waals surface area contributed by atoms with Gasteiger partial charge in [-0.25, -0.2) is 0 Å². The van der Waals surface area contributed by atoms with Crippen LogP contribution in [0.15, 0.2) is 36.0 Å². The Kier molecular flexibility index (Phi) is 7.22. The van der Waals surface area contributed by atoms with Gasteiger partial charge in [0.15, 0.2) is 0 Å². The summed E-state index contributed by atoms with van der Waals surface area (Å²) in [7, 11) is 0. The summed E-state index contributed by atoms with van der Waals surface area (Å²) in [4.78, 5) is 25.5. The van der Waals surface area contributed by atoms with E-state index in [0.29, 0.717) is 31.8 Å². The molecule has 2 N–H and O–H groups in total. The van der Waals surface area contributed by atoms with Gasteiger partial charge in [0.25, 0.3) is 5.91 Å². The van der Waals surface area contributed by atoms with Crippen molar-refractivity contribution in [3.63, 3.8) is 0 Å². The minimum atomic E-state index is -0.408. The number of anilines is 1. The van der Waals surface area contributed by atoms with Gasteiger partial charge in [-0.15, -0.1) is 0 Å². The molecule has 0 spiro atoms. The van der Waals surface area contributed by atoms with Gasteiger partial charge >= 0.3 is 0 Å². The van der Waals surface area contributed by atoms with Crippen LogP contribution >= 0.6 is 0 Å². The fourth-order valence-corrected chi connectivity index (χ4v) is 2.94. The molecule has 1 heterocycles. The summed E-state index contributed by atoms with van der Waals surface area (Å²) in [5.41, 5.74) is 2.04. The van der Waals surface area contributed by atoms with E-state index in [9.17, 15) is 14.9 Å². The number of nitrogens with zero attached hydrogens (tertiary/aromatic N) is 2. The molecule has 0 aliphatic carbocycles. The summed E-state index contributed by atoms with van der Waals surface area (Å²) in [6.45, 7) is 6.06. The first kappa shape index (κ1) is 19.5. The molecule has 1 aliphatic rings. The number of rotatable bonds is 8. The van der Waals surface area contributed by atoms with Gasteiger partial charge in [-0.1, -0.05) is 32.0 Å². The molecule has 138 valence electrons. The van der Waals surface area contributed by atoms with Crippen molar-refractivity contribution in [3.8, 4) is 6.07 Å². The Hall–Kier alpha value is -2.81. The zero-order valence-corrected chi connectivity index (χ0v) is 15.4. The van der Waals surface area contributed by atoms with E-state index in [-0.39, 0.29) is 11.5 Å². The van der Waals surface area contributed by atoms with Gasteiger partial charge in [-0.05, 0) is 30.4 Å². The van der Waals surface area contributed by atoms with Crippen molar-refractivity contribution in [1.82, 2.24) is 10.2 Å². The summed E-state index contributed by atoms with van der Waals surface area (Å²) in [5, 5.41) is 15.1. The number of carbonyl (C=O) groups is 2. The van der Waals surface area contributed by atoms with Crippen LogP contribution < -0.4 is 10.6 Å². The van der Waals surface area contributed by atoms with Crippen LogP contribution in [0.2, 0.25) is 0 Å². The van der Waals surface area contributed by atoms with Crippen molar-refractivity contribution in [2.75, 3.05) is 25.0 Å². The highest BCUT2D eigenvalue weighted by molar-refractivity contribution is 5.97. The van der Waals surface area contributed by atoms with Gasteiger partial charge in [0.05, 0.1) is 0 Å². The van der Waals surface area contributed by atoms with E-state index in [2.05, 4.69) is 24.5 Å². The molecular formula is C20H26N4O2. The van der Waals surface area contributed by atoms with Gasteiger partial charge < -0.3 is 15.5 Å². The molecule has 1 aliphatic heterocycles. The molecule has 0 saturated carbocycles. The van der Waals surface area contributed by atoms with E-state index in [1.165, 1.54) is 6.20 Å². The SMILES string of the molecule is CC(C)c1ccccc1N/C=C(/C#N)C(=O)NCCCN1CCCC1=O. The maximum absolute atomic E-state index is 12.2. The van der Waals surface area contributed by atoms with E-state index < -0.39 is 5.91 Å². The Balaban J connectivity index is 1.85. The monoisotopic (exact) mass is 354 g/mol. The fourth-order valence-electron chi connectivity index (χ4n) is 2.94. The summed E-state index contributed by atoms with van der Waals surface area (Å²) in [6.07, 6.45) is 3.66. The third-order valence-corrected chi connectivity index (χ3v) is 4.38. The number of benzene rings is 1. The molecule has 0 unspecified atom stereocenters. The second kappa shape index (κ2) is 9.62. The smallest absolute Gasteiger partial charge is 0.263 e. The normalized spacial score (nSPS) is 14.5. The third-order valence-electron chi connectivity index (χ3n) is 4.38. The van der Waals surface area contributed by atoms with Crippen molar-refractivity contribution in [2.45, 2.75) is 39.0 Å². The highest BCUT2D eigenvalue weighted by Crippen LogP contribution is 2.23. The molecule has 26 heavy (non-hydrogen) atoms. The number of para-hydroxylation sites is 1. The number of likely N-dealkylation sites (tertiary alicyclic amines) is 1. The molecule has 6 nitrogen and oxygen atoms in total. The Morgan fingerprint density at radius 2 is 2.15 bits per heavy atom.